The molecular weight excluding hydrogens is 224 g/mol. The van der Waals surface area contributed by atoms with Crippen LogP contribution in [0.3, 0.4) is 0 Å². The molecule has 4 N–H and O–H groups in total. The molecule has 0 radical (unpaired) electrons. The van der Waals surface area contributed by atoms with Crippen LogP contribution < -0.4 is 11.7 Å². The Hall–Kier alpha value is -0.760. The fraction of sp³-hybridized carbons (Fsp3) is 0.667. The van der Waals surface area contributed by atoms with Gasteiger partial charge in [-0.3, -0.25) is 8.42 Å². The first-order valence-corrected chi connectivity index (χ1v) is 7.10. The fourth-order valence-electron chi connectivity index (χ4n) is 0.775. The maximum atomic E-state index is 10.9. The van der Waals surface area contributed by atoms with Crippen molar-refractivity contribution in [2.75, 3.05) is 24.0 Å². The SMILES string of the molecule is C[S@](=O)CC(=N\N)/C(C[S@@](C)=O)=N/N. The molecule has 0 aromatic carbocycles. The minimum absolute atomic E-state index is 0.170. The van der Waals surface area contributed by atoms with Crippen LogP contribution in [0.25, 0.3) is 0 Å². The summed E-state index contributed by atoms with van der Waals surface area (Å²) in [6.45, 7) is 0. The molecule has 8 heteroatoms. The van der Waals surface area contributed by atoms with Gasteiger partial charge in [-0.1, -0.05) is 0 Å². The monoisotopic (exact) mass is 238 g/mol. The topological polar surface area (TPSA) is 111 Å². The lowest BCUT2D eigenvalue weighted by Crippen LogP contribution is -2.28. The van der Waals surface area contributed by atoms with Gasteiger partial charge in [0.25, 0.3) is 0 Å². The molecule has 0 aliphatic rings. The van der Waals surface area contributed by atoms with Crippen molar-refractivity contribution in [3.05, 3.63) is 0 Å². The first-order valence-electron chi connectivity index (χ1n) is 3.65. The molecule has 0 bridgehead atoms. The van der Waals surface area contributed by atoms with Crippen LogP contribution in [0.1, 0.15) is 0 Å². The summed E-state index contributed by atoms with van der Waals surface area (Å²) in [5.74, 6) is 10.5. The van der Waals surface area contributed by atoms with E-state index in [9.17, 15) is 8.42 Å². The van der Waals surface area contributed by atoms with Crippen molar-refractivity contribution in [1.29, 1.82) is 0 Å². The predicted octanol–water partition coefficient (Wildman–Crippen LogP) is -1.63. The standard InChI is InChI=1S/C6H14N4O2S2/c1-13(11)3-5(9-7)6(10-8)4-14(2)12/h3-4,7-8H2,1-2H3/b9-5+,10-6+/t13-,14+. The number of hydrazone groups is 2. The zero-order valence-corrected chi connectivity index (χ0v) is 9.73. The minimum Gasteiger partial charge on any atom is -0.323 e. The minimum atomic E-state index is -1.08. The average Bonchev–Trinajstić information content (AvgIpc) is 2.10. The van der Waals surface area contributed by atoms with E-state index < -0.39 is 21.6 Å². The van der Waals surface area contributed by atoms with Crippen molar-refractivity contribution in [2.24, 2.45) is 21.9 Å². The van der Waals surface area contributed by atoms with Crippen molar-refractivity contribution in [1.82, 2.24) is 0 Å². The van der Waals surface area contributed by atoms with Crippen LogP contribution in [-0.2, 0) is 21.6 Å². The Morgan fingerprint density at radius 1 is 1.00 bits per heavy atom. The summed E-state index contributed by atoms with van der Waals surface area (Å²) in [5, 5.41) is 6.86. The summed E-state index contributed by atoms with van der Waals surface area (Å²) in [6, 6.07) is 0. The van der Waals surface area contributed by atoms with Gasteiger partial charge in [0.1, 0.15) is 0 Å². The lowest BCUT2D eigenvalue weighted by Gasteiger charge is -2.04. The van der Waals surface area contributed by atoms with Crippen molar-refractivity contribution < 1.29 is 8.42 Å². The van der Waals surface area contributed by atoms with Crippen molar-refractivity contribution in [3.63, 3.8) is 0 Å². The van der Waals surface area contributed by atoms with Crippen molar-refractivity contribution >= 4 is 33.0 Å². The number of nitrogens with two attached hydrogens (primary N) is 2. The first-order chi connectivity index (χ1) is 6.51. The molecule has 0 amide bonds. The molecule has 0 aliphatic heterocycles. The van der Waals surface area contributed by atoms with Gasteiger partial charge in [0.15, 0.2) is 0 Å². The Kier molecular flexibility index (Phi) is 6.30. The highest BCUT2D eigenvalue weighted by atomic mass is 32.2. The molecule has 0 aromatic rings. The van der Waals surface area contributed by atoms with Gasteiger partial charge in [0, 0.05) is 34.1 Å². The third-order valence-electron chi connectivity index (χ3n) is 1.32. The van der Waals surface area contributed by atoms with Crippen LogP contribution in [0.5, 0.6) is 0 Å². The third kappa shape index (κ3) is 5.07. The molecular formula is C6H14N4O2S2. The Morgan fingerprint density at radius 3 is 1.43 bits per heavy atom. The highest BCUT2D eigenvalue weighted by Crippen LogP contribution is 1.90. The smallest absolute Gasteiger partial charge is 0.0966 e. The molecule has 0 heterocycles. The molecule has 0 aromatic heterocycles. The van der Waals surface area contributed by atoms with E-state index in [0.717, 1.165) is 0 Å². The zero-order chi connectivity index (χ0) is 11.1. The Bertz CT molecular complexity index is 270. The maximum Gasteiger partial charge on any atom is 0.0966 e. The highest BCUT2D eigenvalue weighted by Gasteiger charge is 2.12. The lowest BCUT2D eigenvalue weighted by molar-refractivity contribution is 0.688. The average molecular weight is 238 g/mol. The summed E-state index contributed by atoms with van der Waals surface area (Å²) in [7, 11) is -2.16. The zero-order valence-electron chi connectivity index (χ0n) is 8.10. The van der Waals surface area contributed by atoms with E-state index in [1.807, 2.05) is 0 Å². The summed E-state index contributed by atoms with van der Waals surface area (Å²) < 4.78 is 21.8. The van der Waals surface area contributed by atoms with E-state index in [2.05, 4.69) is 10.2 Å². The second kappa shape index (κ2) is 6.66. The molecule has 0 fully saturated rings. The summed E-state index contributed by atoms with van der Waals surface area (Å²) in [6.07, 6.45) is 3.03. The molecule has 0 spiro atoms. The van der Waals surface area contributed by atoms with Gasteiger partial charge in [-0.15, -0.1) is 0 Å². The molecule has 2 atom stereocenters. The van der Waals surface area contributed by atoms with E-state index in [0.29, 0.717) is 11.4 Å². The third-order valence-corrected chi connectivity index (χ3v) is 2.68. The van der Waals surface area contributed by atoms with Gasteiger partial charge in [0.05, 0.1) is 22.9 Å². The molecule has 6 nitrogen and oxygen atoms in total. The Morgan fingerprint density at radius 2 is 1.29 bits per heavy atom. The number of rotatable bonds is 5. The van der Waals surface area contributed by atoms with Gasteiger partial charge < -0.3 is 11.7 Å². The molecule has 0 saturated carbocycles. The van der Waals surface area contributed by atoms with Crippen LogP contribution >= 0.6 is 0 Å². The van der Waals surface area contributed by atoms with E-state index in [1.54, 1.807) is 0 Å². The van der Waals surface area contributed by atoms with E-state index in [1.165, 1.54) is 12.5 Å². The second-order valence-electron chi connectivity index (χ2n) is 2.59. The van der Waals surface area contributed by atoms with Gasteiger partial charge in [0.2, 0.25) is 0 Å². The van der Waals surface area contributed by atoms with Crippen LogP contribution in [0.2, 0.25) is 0 Å². The van der Waals surface area contributed by atoms with Crippen LogP contribution in [0.4, 0.5) is 0 Å². The highest BCUT2D eigenvalue weighted by molar-refractivity contribution is 7.86. The summed E-state index contributed by atoms with van der Waals surface area (Å²) >= 11 is 0. The quantitative estimate of drug-likeness (QED) is 0.340. The largest absolute Gasteiger partial charge is 0.323 e. The van der Waals surface area contributed by atoms with Gasteiger partial charge in [-0.25, -0.2) is 0 Å². The van der Waals surface area contributed by atoms with E-state index in [-0.39, 0.29) is 11.5 Å². The molecule has 0 aliphatic carbocycles. The normalized spacial score (nSPS) is 17.9. The van der Waals surface area contributed by atoms with Crippen LogP contribution in [-0.4, -0.2) is 43.9 Å². The van der Waals surface area contributed by atoms with Gasteiger partial charge in [-0.2, -0.15) is 10.2 Å². The van der Waals surface area contributed by atoms with Crippen LogP contribution in [0.15, 0.2) is 10.2 Å². The molecule has 14 heavy (non-hydrogen) atoms. The number of nitrogens with zero attached hydrogens (tertiary/aromatic N) is 2. The summed E-state index contributed by atoms with van der Waals surface area (Å²) in [5.41, 5.74) is 0.673. The van der Waals surface area contributed by atoms with Crippen molar-refractivity contribution in [3.8, 4) is 0 Å². The molecule has 0 rings (SSSR count). The molecule has 0 unspecified atom stereocenters. The predicted molar refractivity (Wildman–Crippen MR) is 61.1 cm³/mol. The second-order valence-corrected chi connectivity index (χ2v) is 5.46. The van der Waals surface area contributed by atoms with Gasteiger partial charge >= 0.3 is 0 Å². The fourth-order valence-corrected chi connectivity index (χ4v) is 2.03. The van der Waals surface area contributed by atoms with Gasteiger partial charge in [-0.05, 0) is 0 Å². The van der Waals surface area contributed by atoms with E-state index >= 15 is 0 Å². The molecule has 0 saturated heterocycles. The Labute approximate surface area is 87.7 Å². The maximum absolute atomic E-state index is 10.9. The van der Waals surface area contributed by atoms with Crippen LogP contribution in [0, 0.1) is 0 Å². The van der Waals surface area contributed by atoms with E-state index in [4.69, 9.17) is 11.7 Å². The lowest BCUT2D eigenvalue weighted by atomic mass is 10.3. The first kappa shape index (κ1) is 13.2. The number of hydrogen-bond acceptors (Lipinski definition) is 6. The molecule has 82 valence electrons. The Balaban J connectivity index is 4.65. The number of hydrogen-bond donors (Lipinski definition) is 2. The van der Waals surface area contributed by atoms with Crippen molar-refractivity contribution in [2.45, 2.75) is 0 Å². The summed E-state index contributed by atoms with van der Waals surface area (Å²) in [4.78, 5) is 0.